The van der Waals surface area contributed by atoms with Crippen LogP contribution in [-0.2, 0) is 9.59 Å². The number of carbonyl (C=O) groups is 3. The highest BCUT2D eigenvalue weighted by atomic mass is 16.5. The Morgan fingerprint density at radius 1 is 0.966 bits per heavy atom. The molecule has 0 aromatic heterocycles. The molecule has 3 rings (SSSR count). The number of urea groups is 1. The van der Waals surface area contributed by atoms with Gasteiger partial charge >= 0.3 is 6.03 Å². The van der Waals surface area contributed by atoms with Gasteiger partial charge in [-0.25, -0.2) is 9.69 Å². The Balaban J connectivity index is 1.90. The van der Waals surface area contributed by atoms with Crippen molar-refractivity contribution in [2.75, 3.05) is 30.0 Å². The average molecular weight is 393 g/mol. The van der Waals surface area contributed by atoms with Crippen LogP contribution in [0.2, 0.25) is 0 Å². The van der Waals surface area contributed by atoms with Gasteiger partial charge < -0.3 is 9.64 Å². The molecule has 0 atom stereocenters. The smallest absolute Gasteiger partial charge is 0.335 e. The first-order valence-electron chi connectivity index (χ1n) is 9.39. The van der Waals surface area contributed by atoms with E-state index in [1.807, 2.05) is 24.3 Å². The molecular weight excluding hydrogens is 370 g/mol. The lowest BCUT2D eigenvalue weighted by atomic mass is 10.1. The molecule has 0 spiro atoms. The monoisotopic (exact) mass is 393 g/mol. The third-order valence-electron chi connectivity index (χ3n) is 4.76. The van der Waals surface area contributed by atoms with Crippen LogP contribution >= 0.6 is 0 Å². The van der Waals surface area contributed by atoms with E-state index in [4.69, 9.17) is 4.74 Å². The second-order valence-electron chi connectivity index (χ2n) is 6.42. The van der Waals surface area contributed by atoms with E-state index in [1.165, 1.54) is 13.2 Å². The minimum Gasteiger partial charge on any atom is -0.497 e. The number of ether oxygens (including phenoxy) is 1. The van der Waals surface area contributed by atoms with Gasteiger partial charge in [-0.15, -0.1) is 0 Å². The molecule has 2 aromatic rings. The van der Waals surface area contributed by atoms with Crippen LogP contribution in [0.1, 0.15) is 19.4 Å². The molecule has 7 heteroatoms. The second-order valence-corrected chi connectivity index (χ2v) is 6.42. The fraction of sp³-hybridized carbons (Fsp3) is 0.227. The summed E-state index contributed by atoms with van der Waals surface area (Å²) in [7, 11) is 1.53. The summed E-state index contributed by atoms with van der Waals surface area (Å²) in [5.41, 5.74) is 2.01. The van der Waals surface area contributed by atoms with Crippen molar-refractivity contribution in [1.29, 1.82) is 0 Å². The van der Waals surface area contributed by atoms with Gasteiger partial charge in [0, 0.05) is 18.8 Å². The summed E-state index contributed by atoms with van der Waals surface area (Å²) in [4.78, 5) is 40.6. The minimum absolute atomic E-state index is 0.101. The Kier molecular flexibility index (Phi) is 5.97. The topological polar surface area (TPSA) is 79.0 Å². The molecule has 0 saturated carbocycles. The van der Waals surface area contributed by atoms with Gasteiger partial charge in [-0.3, -0.25) is 14.9 Å². The van der Waals surface area contributed by atoms with E-state index in [0.717, 1.165) is 23.7 Å². The molecule has 1 aliphatic rings. The molecular formula is C22H23N3O4. The molecule has 7 nitrogen and oxygen atoms in total. The van der Waals surface area contributed by atoms with E-state index < -0.39 is 17.8 Å². The Bertz CT molecular complexity index is 945. The summed E-state index contributed by atoms with van der Waals surface area (Å²) in [6.07, 6.45) is 1.49. The van der Waals surface area contributed by atoms with E-state index in [2.05, 4.69) is 24.1 Å². The highest BCUT2D eigenvalue weighted by Gasteiger charge is 2.36. The molecule has 0 bridgehead atoms. The van der Waals surface area contributed by atoms with Crippen LogP contribution < -0.4 is 19.9 Å². The van der Waals surface area contributed by atoms with Gasteiger partial charge in [0.05, 0.1) is 12.8 Å². The maximum atomic E-state index is 12.9. The summed E-state index contributed by atoms with van der Waals surface area (Å²) >= 11 is 0. The van der Waals surface area contributed by atoms with E-state index in [1.54, 1.807) is 24.3 Å². The largest absolute Gasteiger partial charge is 0.497 e. The minimum atomic E-state index is -0.779. The molecule has 1 heterocycles. The molecule has 29 heavy (non-hydrogen) atoms. The van der Waals surface area contributed by atoms with Gasteiger partial charge in [0.2, 0.25) is 0 Å². The fourth-order valence-electron chi connectivity index (χ4n) is 3.16. The van der Waals surface area contributed by atoms with Crippen LogP contribution in [0, 0.1) is 0 Å². The maximum absolute atomic E-state index is 12.9. The quantitative estimate of drug-likeness (QED) is 0.602. The molecule has 4 amide bonds. The van der Waals surface area contributed by atoms with Gasteiger partial charge in [0.25, 0.3) is 11.8 Å². The van der Waals surface area contributed by atoms with Gasteiger partial charge in [0.1, 0.15) is 11.3 Å². The van der Waals surface area contributed by atoms with Crippen molar-refractivity contribution >= 4 is 35.3 Å². The van der Waals surface area contributed by atoms with E-state index in [0.29, 0.717) is 17.0 Å². The first kappa shape index (κ1) is 20.1. The molecule has 150 valence electrons. The van der Waals surface area contributed by atoms with Crippen LogP contribution in [0.25, 0.3) is 6.08 Å². The van der Waals surface area contributed by atoms with Crippen LogP contribution in [0.3, 0.4) is 0 Å². The zero-order chi connectivity index (χ0) is 21.0. The van der Waals surface area contributed by atoms with Crippen LogP contribution in [0.5, 0.6) is 5.75 Å². The number of anilines is 2. The zero-order valence-corrected chi connectivity index (χ0v) is 16.6. The number of hydrogen-bond donors (Lipinski definition) is 1. The van der Waals surface area contributed by atoms with Crippen molar-refractivity contribution in [2.45, 2.75) is 13.8 Å². The zero-order valence-electron chi connectivity index (χ0n) is 16.6. The third kappa shape index (κ3) is 4.13. The SMILES string of the molecule is CCN(CC)c1ccc(C=C2C(=O)NC(=O)N(c3ccc(OC)cc3)C2=O)cc1. The molecule has 0 aliphatic carbocycles. The molecule has 1 fully saturated rings. The lowest BCUT2D eigenvalue weighted by Crippen LogP contribution is -2.54. The van der Waals surface area contributed by atoms with Crippen LogP contribution in [-0.4, -0.2) is 38.0 Å². The number of amides is 4. The summed E-state index contributed by atoms with van der Waals surface area (Å²) in [5, 5.41) is 2.22. The lowest BCUT2D eigenvalue weighted by Gasteiger charge is -2.26. The maximum Gasteiger partial charge on any atom is 0.335 e. The first-order chi connectivity index (χ1) is 14.0. The van der Waals surface area contributed by atoms with Gasteiger partial charge in [-0.2, -0.15) is 0 Å². The first-order valence-corrected chi connectivity index (χ1v) is 9.39. The highest BCUT2D eigenvalue weighted by Crippen LogP contribution is 2.24. The number of barbiturate groups is 1. The van der Waals surface area contributed by atoms with Gasteiger partial charge in [-0.1, -0.05) is 12.1 Å². The molecule has 0 unspecified atom stereocenters. The van der Waals surface area contributed by atoms with Crippen molar-refractivity contribution in [3.05, 3.63) is 59.7 Å². The summed E-state index contributed by atoms with van der Waals surface area (Å²) in [5.74, 6) is -0.784. The van der Waals surface area contributed by atoms with Crippen molar-refractivity contribution < 1.29 is 19.1 Å². The molecule has 0 radical (unpaired) electrons. The lowest BCUT2D eigenvalue weighted by molar-refractivity contribution is -0.122. The number of hydrogen-bond acceptors (Lipinski definition) is 5. The molecule has 2 aromatic carbocycles. The summed E-state index contributed by atoms with van der Waals surface area (Å²) < 4.78 is 5.10. The van der Waals surface area contributed by atoms with Gasteiger partial charge in [0.15, 0.2) is 0 Å². The van der Waals surface area contributed by atoms with E-state index in [9.17, 15) is 14.4 Å². The Hall–Kier alpha value is -3.61. The molecule has 1 saturated heterocycles. The van der Waals surface area contributed by atoms with E-state index in [-0.39, 0.29) is 5.57 Å². The summed E-state index contributed by atoms with van der Waals surface area (Å²) in [6, 6.07) is 13.2. The van der Waals surface area contributed by atoms with Crippen LogP contribution in [0.15, 0.2) is 54.1 Å². The van der Waals surface area contributed by atoms with Crippen LogP contribution in [0.4, 0.5) is 16.2 Å². The number of benzene rings is 2. The number of nitrogens with one attached hydrogen (secondary N) is 1. The molecule has 1 N–H and O–H groups in total. The predicted molar refractivity (Wildman–Crippen MR) is 112 cm³/mol. The standard InChI is InChI=1S/C22H23N3O4/c1-4-24(5-2)16-8-6-15(7-9-16)14-19-20(26)23-22(28)25(21(19)27)17-10-12-18(29-3)13-11-17/h6-14H,4-5H2,1-3H3,(H,23,26,28). The van der Waals surface area contributed by atoms with Crippen molar-refractivity contribution in [1.82, 2.24) is 5.32 Å². The normalized spacial score (nSPS) is 15.5. The van der Waals surface area contributed by atoms with Crippen molar-refractivity contribution in [2.24, 2.45) is 0 Å². The number of carbonyl (C=O) groups excluding carboxylic acids is 3. The Morgan fingerprint density at radius 3 is 2.14 bits per heavy atom. The van der Waals surface area contributed by atoms with Gasteiger partial charge in [-0.05, 0) is 61.9 Å². The second kappa shape index (κ2) is 8.60. The average Bonchev–Trinajstić information content (AvgIpc) is 2.73. The predicted octanol–water partition coefficient (Wildman–Crippen LogP) is 3.21. The van der Waals surface area contributed by atoms with Crippen molar-refractivity contribution in [3.8, 4) is 5.75 Å². The third-order valence-corrected chi connectivity index (χ3v) is 4.76. The van der Waals surface area contributed by atoms with E-state index >= 15 is 0 Å². The van der Waals surface area contributed by atoms with Crippen molar-refractivity contribution in [3.63, 3.8) is 0 Å². The number of rotatable bonds is 6. The summed E-state index contributed by atoms with van der Waals surface area (Å²) in [6.45, 7) is 5.93. The number of methoxy groups -OCH3 is 1. The number of imide groups is 2. The Morgan fingerprint density at radius 2 is 1.59 bits per heavy atom. The number of nitrogens with zero attached hydrogens (tertiary/aromatic N) is 2. The molecule has 1 aliphatic heterocycles. The fourth-order valence-corrected chi connectivity index (χ4v) is 3.16. The highest BCUT2D eigenvalue weighted by molar-refractivity contribution is 6.39. The Labute approximate surface area is 169 Å².